The van der Waals surface area contributed by atoms with Gasteiger partial charge in [-0.15, -0.1) is 0 Å². The molecule has 0 aliphatic heterocycles. The molecular weight excluding hydrogens is 332 g/mol. The number of carbonyl (C=O) groups is 2. The van der Waals surface area contributed by atoms with Crippen LogP contribution in [0.15, 0.2) is 48.8 Å². The van der Waals surface area contributed by atoms with Crippen LogP contribution in [0.2, 0.25) is 0 Å². The van der Waals surface area contributed by atoms with Crippen molar-refractivity contribution in [2.45, 2.75) is 12.6 Å². The van der Waals surface area contributed by atoms with Crippen molar-refractivity contribution in [1.82, 2.24) is 20.5 Å². The Bertz CT molecular complexity index is 717. The van der Waals surface area contributed by atoms with Gasteiger partial charge in [-0.25, -0.2) is 0 Å². The second-order valence-corrected chi connectivity index (χ2v) is 6.01. The third-order valence-corrected chi connectivity index (χ3v) is 3.97. The highest BCUT2D eigenvalue weighted by Gasteiger charge is 2.18. The molecule has 2 amide bonds. The summed E-state index contributed by atoms with van der Waals surface area (Å²) < 4.78 is 5.08. The number of aromatic nitrogens is 1. The highest BCUT2D eigenvalue weighted by molar-refractivity contribution is 6.35. The molecule has 1 aromatic heterocycles. The molecule has 0 fully saturated rings. The second kappa shape index (κ2) is 9.53. The Hall–Kier alpha value is -2.93. The Balaban J connectivity index is 1.84. The van der Waals surface area contributed by atoms with E-state index in [0.29, 0.717) is 6.54 Å². The Kier molecular flexibility index (Phi) is 7.11. The van der Waals surface area contributed by atoms with Gasteiger partial charge < -0.3 is 20.3 Å². The van der Waals surface area contributed by atoms with E-state index < -0.39 is 11.8 Å². The van der Waals surface area contributed by atoms with Gasteiger partial charge in [-0.05, 0) is 43.4 Å². The van der Waals surface area contributed by atoms with Gasteiger partial charge in [0, 0.05) is 25.5 Å². The number of hydrogen-bond donors (Lipinski definition) is 2. The van der Waals surface area contributed by atoms with Gasteiger partial charge in [0.2, 0.25) is 0 Å². The Morgan fingerprint density at radius 2 is 1.81 bits per heavy atom. The first-order valence-electron chi connectivity index (χ1n) is 8.26. The van der Waals surface area contributed by atoms with Crippen LogP contribution in [0, 0.1) is 0 Å². The average molecular weight is 356 g/mol. The van der Waals surface area contributed by atoms with Crippen LogP contribution in [0.5, 0.6) is 5.75 Å². The van der Waals surface area contributed by atoms with Gasteiger partial charge in [0.1, 0.15) is 5.75 Å². The fraction of sp³-hybridized carbons (Fsp3) is 0.316. The van der Waals surface area contributed by atoms with Crippen LogP contribution in [0.4, 0.5) is 0 Å². The van der Waals surface area contributed by atoms with Gasteiger partial charge in [0.25, 0.3) is 0 Å². The van der Waals surface area contributed by atoms with Crippen molar-refractivity contribution in [2.75, 3.05) is 27.7 Å². The summed E-state index contributed by atoms with van der Waals surface area (Å²) in [5.74, 6) is -0.582. The third kappa shape index (κ3) is 5.56. The van der Waals surface area contributed by atoms with E-state index in [0.717, 1.165) is 16.9 Å². The molecule has 2 aromatic rings. The number of amides is 2. The topological polar surface area (TPSA) is 83.6 Å². The first-order chi connectivity index (χ1) is 12.5. The first kappa shape index (κ1) is 19.4. The lowest BCUT2D eigenvalue weighted by Gasteiger charge is -2.24. The van der Waals surface area contributed by atoms with Crippen LogP contribution in [0.1, 0.15) is 17.2 Å². The van der Waals surface area contributed by atoms with E-state index in [1.54, 1.807) is 31.6 Å². The van der Waals surface area contributed by atoms with Crippen LogP contribution in [0.25, 0.3) is 0 Å². The molecule has 0 aliphatic rings. The van der Waals surface area contributed by atoms with E-state index in [-0.39, 0.29) is 12.6 Å². The lowest BCUT2D eigenvalue weighted by atomic mass is 10.1. The quantitative estimate of drug-likeness (QED) is 0.727. The van der Waals surface area contributed by atoms with E-state index >= 15 is 0 Å². The van der Waals surface area contributed by atoms with Crippen LogP contribution < -0.4 is 15.4 Å². The van der Waals surface area contributed by atoms with Crippen molar-refractivity contribution in [3.05, 3.63) is 59.9 Å². The fourth-order valence-electron chi connectivity index (χ4n) is 2.45. The van der Waals surface area contributed by atoms with Crippen molar-refractivity contribution in [3.8, 4) is 5.75 Å². The molecule has 2 rings (SSSR count). The van der Waals surface area contributed by atoms with E-state index in [4.69, 9.17) is 4.74 Å². The summed E-state index contributed by atoms with van der Waals surface area (Å²) >= 11 is 0. The standard InChI is InChI=1S/C19H24N4O3/c1-23(2)17(15-5-4-10-20-12-15)13-22-19(25)18(24)21-11-14-6-8-16(26-3)9-7-14/h4-10,12,17H,11,13H2,1-3H3,(H,21,24)(H,22,25). The van der Waals surface area contributed by atoms with E-state index in [1.165, 1.54) is 0 Å². The van der Waals surface area contributed by atoms with Crippen LogP contribution >= 0.6 is 0 Å². The van der Waals surface area contributed by atoms with E-state index in [9.17, 15) is 9.59 Å². The zero-order chi connectivity index (χ0) is 18.9. The maximum absolute atomic E-state index is 12.0. The molecule has 0 spiro atoms. The Morgan fingerprint density at radius 1 is 1.12 bits per heavy atom. The normalized spacial score (nSPS) is 11.7. The SMILES string of the molecule is COc1ccc(CNC(=O)C(=O)NCC(c2cccnc2)N(C)C)cc1. The summed E-state index contributed by atoms with van der Waals surface area (Å²) in [6, 6.07) is 11.0. The number of likely N-dealkylation sites (N-methyl/N-ethyl adjacent to an activating group) is 1. The molecule has 0 bridgehead atoms. The molecule has 0 saturated heterocycles. The Labute approximate surface area is 153 Å². The van der Waals surface area contributed by atoms with Gasteiger partial charge in [-0.2, -0.15) is 0 Å². The number of nitrogens with one attached hydrogen (secondary N) is 2. The number of rotatable bonds is 7. The van der Waals surface area contributed by atoms with Gasteiger partial charge in [0.15, 0.2) is 0 Å². The second-order valence-electron chi connectivity index (χ2n) is 6.01. The number of pyridine rings is 1. The van der Waals surface area contributed by atoms with Crippen LogP contribution in [-0.2, 0) is 16.1 Å². The maximum atomic E-state index is 12.0. The number of benzene rings is 1. The highest BCUT2D eigenvalue weighted by atomic mass is 16.5. The smallest absolute Gasteiger partial charge is 0.309 e. The molecule has 2 N–H and O–H groups in total. The number of methoxy groups -OCH3 is 1. The summed E-state index contributed by atoms with van der Waals surface area (Å²) in [5.41, 5.74) is 1.85. The molecule has 138 valence electrons. The first-order valence-corrected chi connectivity index (χ1v) is 8.26. The Morgan fingerprint density at radius 3 is 2.38 bits per heavy atom. The van der Waals surface area contributed by atoms with Crippen molar-refractivity contribution in [2.24, 2.45) is 0 Å². The van der Waals surface area contributed by atoms with Crippen molar-refractivity contribution >= 4 is 11.8 Å². The fourth-order valence-corrected chi connectivity index (χ4v) is 2.45. The zero-order valence-corrected chi connectivity index (χ0v) is 15.2. The summed E-state index contributed by atoms with van der Waals surface area (Å²) in [6.07, 6.45) is 3.45. The maximum Gasteiger partial charge on any atom is 0.309 e. The molecule has 7 heteroatoms. The predicted octanol–water partition coefficient (Wildman–Crippen LogP) is 1.13. The number of ether oxygens (including phenoxy) is 1. The van der Waals surface area contributed by atoms with Crippen LogP contribution in [-0.4, -0.2) is 49.4 Å². The molecule has 0 aliphatic carbocycles. The molecule has 0 radical (unpaired) electrons. The molecular formula is C19H24N4O3. The number of hydrogen-bond acceptors (Lipinski definition) is 5. The largest absolute Gasteiger partial charge is 0.497 e. The monoisotopic (exact) mass is 356 g/mol. The minimum Gasteiger partial charge on any atom is -0.497 e. The summed E-state index contributed by atoms with van der Waals surface area (Å²) in [4.78, 5) is 30.1. The third-order valence-electron chi connectivity index (χ3n) is 3.97. The van der Waals surface area contributed by atoms with Gasteiger partial charge in [-0.3, -0.25) is 14.6 Å². The number of carbonyl (C=O) groups excluding carboxylic acids is 2. The van der Waals surface area contributed by atoms with Crippen molar-refractivity contribution < 1.29 is 14.3 Å². The molecule has 0 saturated carbocycles. The minimum atomic E-state index is -0.662. The van der Waals surface area contributed by atoms with E-state index in [1.807, 2.05) is 43.3 Å². The van der Waals surface area contributed by atoms with Crippen LogP contribution in [0.3, 0.4) is 0 Å². The summed E-state index contributed by atoms with van der Waals surface area (Å²) in [7, 11) is 5.41. The van der Waals surface area contributed by atoms with Gasteiger partial charge in [0.05, 0.1) is 13.2 Å². The molecule has 1 atom stereocenters. The lowest BCUT2D eigenvalue weighted by Crippen LogP contribution is -2.42. The molecule has 1 unspecified atom stereocenters. The minimum absolute atomic E-state index is 0.0676. The zero-order valence-electron chi connectivity index (χ0n) is 15.2. The van der Waals surface area contributed by atoms with Crippen molar-refractivity contribution in [3.63, 3.8) is 0 Å². The molecule has 1 heterocycles. The van der Waals surface area contributed by atoms with Gasteiger partial charge >= 0.3 is 11.8 Å². The summed E-state index contributed by atoms with van der Waals surface area (Å²) in [6.45, 7) is 0.587. The molecule has 26 heavy (non-hydrogen) atoms. The molecule has 1 aromatic carbocycles. The van der Waals surface area contributed by atoms with Gasteiger partial charge in [-0.1, -0.05) is 18.2 Å². The average Bonchev–Trinajstić information content (AvgIpc) is 2.67. The molecule has 7 nitrogen and oxygen atoms in total. The number of nitrogens with zero attached hydrogens (tertiary/aromatic N) is 2. The summed E-state index contributed by atoms with van der Waals surface area (Å²) in [5, 5.41) is 5.29. The lowest BCUT2D eigenvalue weighted by molar-refractivity contribution is -0.139. The predicted molar refractivity (Wildman–Crippen MR) is 98.5 cm³/mol. The van der Waals surface area contributed by atoms with Crippen molar-refractivity contribution in [1.29, 1.82) is 0 Å². The van der Waals surface area contributed by atoms with E-state index in [2.05, 4.69) is 15.6 Å². The highest BCUT2D eigenvalue weighted by Crippen LogP contribution is 2.15.